The highest BCUT2D eigenvalue weighted by Gasteiger charge is 2.14. The molecule has 0 heterocycles. The summed E-state index contributed by atoms with van der Waals surface area (Å²) in [5, 5.41) is 9.64. The molecule has 1 N–H and O–H groups in total. The molecular weight excluding hydrogens is 220 g/mol. The average Bonchev–Trinajstić information content (AvgIpc) is 2.31. The summed E-state index contributed by atoms with van der Waals surface area (Å²) in [7, 11) is 0. The molecule has 0 saturated carbocycles. The maximum absolute atomic E-state index is 11.5. The fourth-order valence-electron chi connectivity index (χ4n) is 1.36. The molecule has 0 atom stereocenters. The van der Waals surface area contributed by atoms with Crippen molar-refractivity contribution in [3.8, 4) is 17.2 Å². The molecule has 0 aromatic heterocycles. The van der Waals surface area contributed by atoms with E-state index in [1.54, 1.807) is 12.1 Å². The Labute approximate surface area is 101 Å². The van der Waals surface area contributed by atoms with Crippen LogP contribution in [0.2, 0.25) is 0 Å². The van der Waals surface area contributed by atoms with Gasteiger partial charge in [-0.05, 0) is 25.5 Å². The molecule has 0 fully saturated rings. The summed E-state index contributed by atoms with van der Waals surface area (Å²) in [5.74, 6) is 0.0582. The first kappa shape index (κ1) is 13.4. The number of rotatable bonds is 6. The van der Waals surface area contributed by atoms with Gasteiger partial charge in [0.05, 0.1) is 6.61 Å². The van der Waals surface area contributed by atoms with Gasteiger partial charge in [-0.15, -0.1) is 0 Å². The van der Waals surface area contributed by atoms with Crippen LogP contribution in [0, 0.1) is 0 Å². The van der Waals surface area contributed by atoms with E-state index in [2.05, 4.69) is 0 Å². The Hall–Kier alpha value is -1.71. The Kier molecular flexibility index (Phi) is 5.33. The number of aromatic hydroxyl groups is 1. The lowest BCUT2D eigenvalue weighted by molar-refractivity contribution is -0.134. The van der Waals surface area contributed by atoms with Gasteiger partial charge in [0.25, 0.3) is 0 Å². The van der Waals surface area contributed by atoms with Gasteiger partial charge in [0.2, 0.25) is 5.75 Å². The third kappa shape index (κ3) is 3.98. The molecule has 17 heavy (non-hydrogen) atoms. The Morgan fingerprint density at radius 1 is 1.35 bits per heavy atom. The lowest BCUT2D eigenvalue weighted by Crippen LogP contribution is -2.08. The number of hydrogen-bond donors (Lipinski definition) is 1. The number of phenols is 1. The van der Waals surface area contributed by atoms with Crippen molar-refractivity contribution in [2.75, 3.05) is 6.61 Å². The van der Waals surface area contributed by atoms with Gasteiger partial charge in [0, 0.05) is 6.42 Å². The van der Waals surface area contributed by atoms with Gasteiger partial charge in [-0.25, -0.2) is 0 Å². The molecule has 1 aromatic rings. The predicted octanol–water partition coefficient (Wildman–Crippen LogP) is 2.89. The van der Waals surface area contributed by atoms with Crippen molar-refractivity contribution in [3.05, 3.63) is 18.2 Å². The van der Waals surface area contributed by atoms with Gasteiger partial charge >= 0.3 is 5.97 Å². The molecule has 4 heteroatoms. The number of benzene rings is 1. The van der Waals surface area contributed by atoms with Crippen LogP contribution in [0.3, 0.4) is 0 Å². The highest BCUT2D eigenvalue weighted by Crippen LogP contribution is 2.36. The number of phenolic OH excluding ortho intramolecular Hbond substituents is 1. The number of unbranched alkanes of at least 4 members (excludes halogenated alkanes) is 1. The number of hydrogen-bond acceptors (Lipinski definition) is 4. The van der Waals surface area contributed by atoms with Gasteiger partial charge in [-0.3, -0.25) is 4.79 Å². The van der Waals surface area contributed by atoms with Crippen LogP contribution in [0.4, 0.5) is 0 Å². The number of ether oxygens (including phenoxy) is 2. The fourth-order valence-corrected chi connectivity index (χ4v) is 1.36. The van der Waals surface area contributed by atoms with Crippen molar-refractivity contribution in [1.82, 2.24) is 0 Å². The van der Waals surface area contributed by atoms with Gasteiger partial charge in [-0.2, -0.15) is 0 Å². The van der Waals surface area contributed by atoms with Gasteiger partial charge in [0.1, 0.15) is 0 Å². The van der Waals surface area contributed by atoms with Crippen LogP contribution >= 0.6 is 0 Å². The van der Waals surface area contributed by atoms with Crippen LogP contribution in [0.25, 0.3) is 0 Å². The largest absolute Gasteiger partial charge is 0.504 e. The molecule has 0 aliphatic rings. The zero-order valence-electron chi connectivity index (χ0n) is 10.2. The van der Waals surface area contributed by atoms with Crippen LogP contribution < -0.4 is 9.47 Å². The van der Waals surface area contributed by atoms with Crippen LogP contribution in [0.5, 0.6) is 17.2 Å². The monoisotopic (exact) mass is 238 g/mol. The lowest BCUT2D eigenvalue weighted by atomic mass is 10.2. The number of para-hydroxylation sites is 1. The summed E-state index contributed by atoms with van der Waals surface area (Å²) in [6.07, 6.45) is 2.04. The minimum absolute atomic E-state index is 0.0826. The van der Waals surface area contributed by atoms with Crippen molar-refractivity contribution >= 4 is 5.97 Å². The molecule has 4 nitrogen and oxygen atoms in total. The average molecular weight is 238 g/mol. The van der Waals surface area contributed by atoms with E-state index in [1.807, 2.05) is 13.8 Å². The third-order valence-corrected chi connectivity index (χ3v) is 2.21. The summed E-state index contributed by atoms with van der Waals surface area (Å²) in [4.78, 5) is 11.5. The van der Waals surface area contributed by atoms with E-state index >= 15 is 0 Å². The summed E-state index contributed by atoms with van der Waals surface area (Å²) in [6.45, 7) is 4.27. The molecule has 0 radical (unpaired) electrons. The number of carbonyl (C=O) groups is 1. The maximum Gasteiger partial charge on any atom is 0.311 e. The quantitative estimate of drug-likeness (QED) is 0.611. The molecule has 0 aliphatic carbocycles. The molecule has 1 aromatic carbocycles. The zero-order valence-corrected chi connectivity index (χ0v) is 10.2. The van der Waals surface area contributed by atoms with E-state index in [1.165, 1.54) is 6.07 Å². The molecule has 0 amide bonds. The van der Waals surface area contributed by atoms with Crippen molar-refractivity contribution in [1.29, 1.82) is 0 Å². The SMILES string of the molecule is CCCCC(=O)Oc1c(O)cccc1OCC. The first-order chi connectivity index (χ1) is 8.19. The standard InChI is InChI=1S/C13H18O4/c1-3-5-9-12(15)17-13-10(14)7-6-8-11(13)16-4-2/h6-8,14H,3-5,9H2,1-2H3. The summed E-state index contributed by atoms with van der Waals surface area (Å²) >= 11 is 0. The molecule has 94 valence electrons. The third-order valence-electron chi connectivity index (χ3n) is 2.21. The molecule has 1 rings (SSSR count). The van der Waals surface area contributed by atoms with Crippen molar-refractivity contribution in [3.63, 3.8) is 0 Å². The second kappa shape index (κ2) is 6.78. The Morgan fingerprint density at radius 3 is 2.76 bits per heavy atom. The van der Waals surface area contributed by atoms with Gasteiger partial charge in [-0.1, -0.05) is 19.4 Å². The van der Waals surface area contributed by atoms with Crippen molar-refractivity contribution < 1.29 is 19.4 Å². The second-order valence-electron chi connectivity index (χ2n) is 3.62. The van der Waals surface area contributed by atoms with E-state index in [0.717, 1.165) is 12.8 Å². The maximum atomic E-state index is 11.5. The minimum Gasteiger partial charge on any atom is -0.504 e. The highest BCUT2D eigenvalue weighted by atomic mass is 16.6. The minimum atomic E-state index is -0.352. The molecule has 0 spiro atoms. The van der Waals surface area contributed by atoms with Crippen LogP contribution in [0.1, 0.15) is 33.1 Å². The van der Waals surface area contributed by atoms with Crippen LogP contribution in [-0.2, 0) is 4.79 Å². The fraction of sp³-hybridized carbons (Fsp3) is 0.462. The van der Waals surface area contributed by atoms with Crippen LogP contribution in [0.15, 0.2) is 18.2 Å². The summed E-state index contributed by atoms with van der Waals surface area (Å²) in [5.41, 5.74) is 0. The molecule has 0 saturated heterocycles. The van der Waals surface area contributed by atoms with Crippen LogP contribution in [-0.4, -0.2) is 17.7 Å². The highest BCUT2D eigenvalue weighted by molar-refractivity contribution is 5.74. The molecular formula is C13H18O4. The molecule has 0 unspecified atom stereocenters. The van der Waals surface area contributed by atoms with Crippen molar-refractivity contribution in [2.45, 2.75) is 33.1 Å². The smallest absolute Gasteiger partial charge is 0.311 e. The Balaban J connectivity index is 2.77. The first-order valence-electron chi connectivity index (χ1n) is 5.84. The topological polar surface area (TPSA) is 55.8 Å². The Bertz CT molecular complexity index is 374. The first-order valence-corrected chi connectivity index (χ1v) is 5.84. The zero-order chi connectivity index (χ0) is 12.7. The van der Waals surface area contributed by atoms with E-state index in [9.17, 15) is 9.90 Å². The molecule has 0 aliphatic heterocycles. The van der Waals surface area contributed by atoms with Gasteiger partial charge in [0.15, 0.2) is 11.5 Å². The molecule has 0 bridgehead atoms. The summed E-state index contributed by atoms with van der Waals surface area (Å²) in [6, 6.07) is 4.76. The lowest BCUT2D eigenvalue weighted by Gasteiger charge is -2.11. The number of esters is 1. The predicted molar refractivity (Wildman–Crippen MR) is 64.4 cm³/mol. The second-order valence-corrected chi connectivity index (χ2v) is 3.62. The van der Waals surface area contributed by atoms with Crippen molar-refractivity contribution in [2.24, 2.45) is 0 Å². The normalized spacial score (nSPS) is 10.0. The van der Waals surface area contributed by atoms with E-state index in [0.29, 0.717) is 18.8 Å². The number of carbonyl (C=O) groups excluding carboxylic acids is 1. The Morgan fingerprint density at radius 2 is 2.12 bits per heavy atom. The van der Waals surface area contributed by atoms with E-state index < -0.39 is 0 Å². The summed E-state index contributed by atoms with van der Waals surface area (Å²) < 4.78 is 10.4. The van der Waals surface area contributed by atoms with Gasteiger partial charge < -0.3 is 14.6 Å². The van der Waals surface area contributed by atoms with E-state index in [-0.39, 0.29) is 17.5 Å². The van der Waals surface area contributed by atoms with E-state index in [4.69, 9.17) is 9.47 Å².